The predicted octanol–water partition coefficient (Wildman–Crippen LogP) is 3.01. The maximum atomic E-state index is 13.2. The summed E-state index contributed by atoms with van der Waals surface area (Å²) in [4.78, 5) is 0. The zero-order valence-electron chi connectivity index (χ0n) is 9.05. The highest BCUT2D eigenvalue weighted by Crippen LogP contribution is 2.22. The molecule has 1 aromatic carbocycles. The van der Waals surface area contributed by atoms with Gasteiger partial charge < -0.3 is 5.73 Å². The predicted molar refractivity (Wildman–Crippen MR) is 58.0 cm³/mol. The molecule has 14 heavy (non-hydrogen) atoms. The first-order valence-electron chi connectivity index (χ1n) is 5.05. The maximum Gasteiger partial charge on any atom is 0.123 e. The van der Waals surface area contributed by atoms with Gasteiger partial charge >= 0.3 is 0 Å². The van der Waals surface area contributed by atoms with Crippen LogP contribution in [0.25, 0.3) is 0 Å². The highest BCUT2D eigenvalue weighted by Gasteiger charge is 2.08. The SMILES string of the molecule is CC(C)c1cc(F)cc(C(C)CN)c1. The second-order valence-electron chi connectivity index (χ2n) is 4.11. The maximum absolute atomic E-state index is 13.2. The van der Waals surface area contributed by atoms with Crippen molar-refractivity contribution >= 4 is 0 Å². The fourth-order valence-corrected chi connectivity index (χ4v) is 1.39. The van der Waals surface area contributed by atoms with Gasteiger partial charge in [-0.1, -0.05) is 26.8 Å². The average Bonchev–Trinajstić information content (AvgIpc) is 2.15. The van der Waals surface area contributed by atoms with Crippen LogP contribution in [0.5, 0.6) is 0 Å². The molecule has 78 valence electrons. The second kappa shape index (κ2) is 4.56. The van der Waals surface area contributed by atoms with Crippen LogP contribution in [-0.4, -0.2) is 6.54 Å². The fraction of sp³-hybridized carbons (Fsp3) is 0.500. The first kappa shape index (κ1) is 11.2. The number of benzene rings is 1. The van der Waals surface area contributed by atoms with Crippen LogP contribution in [0.2, 0.25) is 0 Å². The van der Waals surface area contributed by atoms with Crippen LogP contribution in [0.1, 0.15) is 43.7 Å². The summed E-state index contributed by atoms with van der Waals surface area (Å²) >= 11 is 0. The van der Waals surface area contributed by atoms with Gasteiger partial charge in [0, 0.05) is 0 Å². The summed E-state index contributed by atoms with van der Waals surface area (Å²) < 4.78 is 13.2. The molecule has 0 saturated carbocycles. The Balaban J connectivity index is 3.07. The van der Waals surface area contributed by atoms with Crippen LogP contribution >= 0.6 is 0 Å². The zero-order valence-corrected chi connectivity index (χ0v) is 9.05. The Labute approximate surface area is 85.1 Å². The van der Waals surface area contributed by atoms with Gasteiger partial charge in [0.15, 0.2) is 0 Å². The molecule has 0 aromatic heterocycles. The van der Waals surface area contributed by atoms with E-state index < -0.39 is 0 Å². The Kier molecular flexibility index (Phi) is 3.64. The molecule has 1 nitrogen and oxygen atoms in total. The van der Waals surface area contributed by atoms with Gasteiger partial charge in [0.05, 0.1) is 0 Å². The molecule has 0 aliphatic heterocycles. The van der Waals surface area contributed by atoms with E-state index >= 15 is 0 Å². The van der Waals surface area contributed by atoms with Gasteiger partial charge in [-0.05, 0) is 41.6 Å². The molecule has 2 heteroatoms. The molecule has 1 aromatic rings. The van der Waals surface area contributed by atoms with Crippen LogP contribution < -0.4 is 5.73 Å². The van der Waals surface area contributed by atoms with E-state index in [4.69, 9.17) is 5.73 Å². The van der Waals surface area contributed by atoms with E-state index in [0.717, 1.165) is 11.1 Å². The largest absolute Gasteiger partial charge is 0.330 e. The van der Waals surface area contributed by atoms with Crippen LogP contribution in [-0.2, 0) is 0 Å². The molecule has 0 aliphatic carbocycles. The third-order valence-electron chi connectivity index (χ3n) is 2.53. The molecule has 0 spiro atoms. The lowest BCUT2D eigenvalue weighted by Gasteiger charge is -2.13. The average molecular weight is 195 g/mol. The van der Waals surface area contributed by atoms with E-state index in [2.05, 4.69) is 13.8 Å². The van der Waals surface area contributed by atoms with Gasteiger partial charge in [-0.25, -0.2) is 4.39 Å². The molecular weight excluding hydrogens is 177 g/mol. The Bertz CT molecular complexity index is 307. The van der Waals surface area contributed by atoms with E-state index in [9.17, 15) is 4.39 Å². The van der Waals surface area contributed by atoms with Crippen LogP contribution in [0, 0.1) is 5.82 Å². The number of hydrogen-bond acceptors (Lipinski definition) is 1. The first-order valence-corrected chi connectivity index (χ1v) is 5.05. The van der Waals surface area contributed by atoms with Crippen molar-refractivity contribution in [3.63, 3.8) is 0 Å². The summed E-state index contributed by atoms with van der Waals surface area (Å²) in [7, 11) is 0. The topological polar surface area (TPSA) is 26.0 Å². The van der Waals surface area contributed by atoms with Crippen LogP contribution in [0.4, 0.5) is 4.39 Å². The summed E-state index contributed by atoms with van der Waals surface area (Å²) in [6.45, 7) is 6.69. The van der Waals surface area contributed by atoms with Gasteiger partial charge in [-0.2, -0.15) is 0 Å². The van der Waals surface area contributed by atoms with Gasteiger partial charge in [-0.15, -0.1) is 0 Å². The number of hydrogen-bond donors (Lipinski definition) is 1. The van der Waals surface area contributed by atoms with E-state index in [1.54, 1.807) is 12.1 Å². The summed E-state index contributed by atoms with van der Waals surface area (Å²) in [5, 5.41) is 0. The van der Waals surface area contributed by atoms with Crippen molar-refractivity contribution in [1.82, 2.24) is 0 Å². The van der Waals surface area contributed by atoms with Gasteiger partial charge in [0.25, 0.3) is 0 Å². The summed E-state index contributed by atoms with van der Waals surface area (Å²) in [5.74, 6) is 0.420. The van der Waals surface area contributed by atoms with E-state index in [1.807, 2.05) is 13.0 Å². The third-order valence-corrected chi connectivity index (χ3v) is 2.53. The minimum atomic E-state index is -0.161. The lowest BCUT2D eigenvalue weighted by molar-refractivity contribution is 0.616. The minimum Gasteiger partial charge on any atom is -0.330 e. The third kappa shape index (κ3) is 2.55. The Morgan fingerprint density at radius 3 is 2.21 bits per heavy atom. The number of rotatable bonds is 3. The normalized spacial score (nSPS) is 13.3. The van der Waals surface area contributed by atoms with Crippen molar-refractivity contribution in [1.29, 1.82) is 0 Å². The van der Waals surface area contributed by atoms with Crippen molar-refractivity contribution in [2.45, 2.75) is 32.6 Å². The second-order valence-corrected chi connectivity index (χ2v) is 4.11. The van der Waals surface area contributed by atoms with Crippen molar-refractivity contribution in [3.8, 4) is 0 Å². The zero-order chi connectivity index (χ0) is 10.7. The minimum absolute atomic E-state index is 0.161. The molecule has 2 N–H and O–H groups in total. The lowest BCUT2D eigenvalue weighted by Crippen LogP contribution is -2.09. The van der Waals surface area contributed by atoms with Crippen molar-refractivity contribution in [2.24, 2.45) is 5.73 Å². The van der Waals surface area contributed by atoms with Crippen LogP contribution in [0.15, 0.2) is 18.2 Å². The molecule has 0 saturated heterocycles. The first-order chi connectivity index (χ1) is 6.54. The quantitative estimate of drug-likeness (QED) is 0.788. The van der Waals surface area contributed by atoms with Crippen molar-refractivity contribution < 1.29 is 4.39 Å². The lowest BCUT2D eigenvalue weighted by atomic mass is 9.95. The number of nitrogens with two attached hydrogens (primary N) is 1. The molecule has 0 amide bonds. The smallest absolute Gasteiger partial charge is 0.123 e. The van der Waals surface area contributed by atoms with E-state index in [1.165, 1.54) is 0 Å². The molecule has 0 heterocycles. The van der Waals surface area contributed by atoms with Crippen molar-refractivity contribution in [2.75, 3.05) is 6.54 Å². The Morgan fingerprint density at radius 1 is 1.14 bits per heavy atom. The highest BCUT2D eigenvalue weighted by molar-refractivity contribution is 5.29. The Morgan fingerprint density at radius 2 is 1.71 bits per heavy atom. The monoisotopic (exact) mass is 195 g/mol. The number of halogens is 1. The van der Waals surface area contributed by atoms with Gasteiger partial charge in [0.1, 0.15) is 5.82 Å². The Hall–Kier alpha value is -0.890. The molecule has 1 atom stereocenters. The molecule has 1 rings (SSSR count). The summed E-state index contributed by atoms with van der Waals surface area (Å²) in [5.41, 5.74) is 7.60. The molecule has 1 unspecified atom stereocenters. The molecule has 0 fully saturated rings. The molecule has 0 radical (unpaired) electrons. The fourth-order valence-electron chi connectivity index (χ4n) is 1.39. The summed E-state index contributed by atoms with van der Waals surface area (Å²) in [6.07, 6.45) is 0. The summed E-state index contributed by atoms with van der Waals surface area (Å²) in [6, 6.07) is 5.21. The van der Waals surface area contributed by atoms with E-state index in [-0.39, 0.29) is 11.7 Å². The molecule has 0 bridgehead atoms. The van der Waals surface area contributed by atoms with Crippen molar-refractivity contribution in [3.05, 3.63) is 35.1 Å². The van der Waals surface area contributed by atoms with Gasteiger partial charge in [-0.3, -0.25) is 0 Å². The standard InChI is InChI=1S/C12H18FN/c1-8(2)10-4-11(9(3)7-14)6-12(13)5-10/h4-6,8-9H,7,14H2,1-3H3. The van der Waals surface area contributed by atoms with Crippen LogP contribution in [0.3, 0.4) is 0 Å². The van der Waals surface area contributed by atoms with E-state index in [0.29, 0.717) is 12.5 Å². The van der Waals surface area contributed by atoms with Gasteiger partial charge in [0.2, 0.25) is 0 Å². The highest BCUT2D eigenvalue weighted by atomic mass is 19.1. The molecular formula is C12H18FN. The molecule has 0 aliphatic rings.